The molecule has 6 heteroatoms. The van der Waals surface area contributed by atoms with Crippen LogP contribution in [0, 0.1) is 19.3 Å². The Morgan fingerprint density at radius 3 is 1.75 bits per heavy atom. The topological polar surface area (TPSA) is 72.8 Å². The molecule has 0 bridgehead atoms. The lowest BCUT2D eigenvalue weighted by Crippen LogP contribution is -2.32. The predicted molar refractivity (Wildman–Crippen MR) is 130 cm³/mol. The van der Waals surface area contributed by atoms with Crippen LogP contribution in [0.3, 0.4) is 0 Å². The zero-order valence-electron chi connectivity index (χ0n) is 20.7. The van der Waals surface area contributed by atoms with E-state index in [1.807, 2.05) is 52.8 Å². The van der Waals surface area contributed by atoms with E-state index in [2.05, 4.69) is 26.0 Å². The summed E-state index contributed by atoms with van der Waals surface area (Å²) in [5, 5.41) is 10.3. The van der Waals surface area contributed by atoms with Gasteiger partial charge >= 0.3 is 10.1 Å². The highest BCUT2D eigenvalue weighted by Gasteiger charge is 2.32. The van der Waals surface area contributed by atoms with Gasteiger partial charge in [-0.3, -0.25) is 0 Å². The molecule has 0 aliphatic rings. The van der Waals surface area contributed by atoms with E-state index in [0.29, 0.717) is 5.75 Å². The molecule has 5 nitrogen and oxygen atoms in total. The van der Waals surface area contributed by atoms with Crippen molar-refractivity contribution in [2.45, 2.75) is 72.8 Å². The third-order valence-corrected chi connectivity index (χ3v) is 6.78. The van der Waals surface area contributed by atoms with Gasteiger partial charge in [0.1, 0.15) is 18.1 Å². The Bertz CT molecular complexity index is 1030. The number of rotatable bonds is 9. The Hall–Kier alpha value is -2.05. The molecule has 0 heterocycles. The summed E-state index contributed by atoms with van der Waals surface area (Å²) >= 11 is 0. The highest BCUT2D eigenvalue weighted by molar-refractivity contribution is 7.86. The highest BCUT2D eigenvalue weighted by atomic mass is 32.2. The van der Waals surface area contributed by atoms with Crippen LogP contribution in [0.1, 0.15) is 69.7 Å². The molecule has 2 aromatic carbocycles. The number of benzene rings is 2. The van der Waals surface area contributed by atoms with Gasteiger partial charge in [-0.05, 0) is 66.5 Å². The Balaban J connectivity index is 2.39. The number of hydrogen-bond acceptors (Lipinski definition) is 5. The van der Waals surface area contributed by atoms with Gasteiger partial charge in [-0.15, -0.1) is 0 Å². The third kappa shape index (κ3) is 6.04. The molecule has 178 valence electrons. The molecule has 0 amide bonds. The zero-order chi connectivity index (χ0) is 24.3. The fraction of sp³-hybridized carbons (Fsp3) is 0.538. The molecule has 1 N–H and O–H groups in total. The maximum absolute atomic E-state index is 11.5. The second-order valence-electron chi connectivity index (χ2n) is 9.73. The van der Waals surface area contributed by atoms with Crippen LogP contribution in [0.5, 0.6) is 11.5 Å². The van der Waals surface area contributed by atoms with Gasteiger partial charge in [-0.25, -0.2) is 0 Å². The predicted octanol–water partition coefficient (Wildman–Crippen LogP) is 5.53. The van der Waals surface area contributed by atoms with E-state index >= 15 is 0 Å². The molecule has 32 heavy (non-hydrogen) atoms. The quantitative estimate of drug-likeness (QED) is 0.496. The van der Waals surface area contributed by atoms with Gasteiger partial charge < -0.3 is 14.0 Å². The van der Waals surface area contributed by atoms with Crippen molar-refractivity contribution in [2.24, 2.45) is 5.41 Å². The minimum absolute atomic E-state index is 0.220. The molecule has 0 saturated carbocycles. The van der Waals surface area contributed by atoms with E-state index < -0.39 is 16.2 Å². The van der Waals surface area contributed by atoms with Gasteiger partial charge in [0.2, 0.25) is 0 Å². The lowest BCUT2D eigenvalue weighted by molar-refractivity contribution is 0.0216. The molecule has 2 rings (SSSR count). The Labute approximate surface area is 193 Å². The number of hydrogen-bond donors (Lipinski definition) is 1. The van der Waals surface area contributed by atoms with Gasteiger partial charge in [0.05, 0.1) is 12.4 Å². The Kier molecular flexibility index (Phi) is 8.05. The molecule has 2 aromatic rings. The van der Waals surface area contributed by atoms with Crippen molar-refractivity contribution < 1.29 is 22.4 Å². The van der Waals surface area contributed by atoms with Crippen LogP contribution in [-0.4, -0.2) is 32.5 Å². The van der Waals surface area contributed by atoms with Crippen LogP contribution in [0.15, 0.2) is 36.4 Å². The molecule has 0 aliphatic heterocycles. The molecule has 0 saturated heterocycles. The summed E-state index contributed by atoms with van der Waals surface area (Å²) in [6.45, 7) is 14.4. The molecule has 1 atom stereocenters. The summed E-state index contributed by atoms with van der Waals surface area (Å²) in [6, 6.07) is 11.9. The van der Waals surface area contributed by atoms with Crippen molar-refractivity contribution in [2.75, 3.05) is 12.9 Å². The number of ether oxygens (including phenoxy) is 1. The fourth-order valence-corrected chi connectivity index (χ4v) is 4.48. The average molecular weight is 463 g/mol. The summed E-state index contributed by atoms with van der Waals surface area (Å²) in [5.41, 5.74) is 3.65. The smallest absolute Gasteiger partial charge is 0.306 e. The van der Waals surface area contributed by atoms with Crippen LogP contribution in [0.2, 0.25) is 0 Å². The lowest BCUT2D eigenvalue weighted by atomic mass is 9.70. The first-order chi connectivity index (χ1) is 14.7. The number of aliphatic hydroxyl groups excluding tert-OH is 1. The van der Waals surface area contributed by atoms with Gasteiger partial charge in [0.25, 0.3) is 0 Å². The summed E-state index contributed by atoms with van der Waals surface area (Å²) in [7, 11) is -3.57. The maximum atomic E-state index is 11.5. The van der Waals surface area contributed by atoms with E-state index in [1.165, 1.54) is 5.56 Å². The van der Waals surface area contributed by atoms with E-state index in [1.54, 1.807) is 6.07 Å². The maximum Gasteiger partial charge on any atom is 0.306 e. The zero-order valence-corrected chi connectivity index (χ0v) is 21.5. The summed E-state index contributed by atoms with van der Waals surface area (Å²) < 4.78 is 34.1. The first-order valence-electron chi connectivity index (χ1n) is 11.2. The molecular formula is C26H38O5S. The SMILES string of the molecule is CCC(CC)(c1ccc(OCC(O)C(C)(C)C)c(C)c1)c1ccc(OS(C)(=O)=O)c(C)c1. The monoisotopic (exact) mass is 462 g/mol. The Morgan fingerprint density at radius 2 is 1.38 bits per heavy atom. The van der Waals surface area contributed by atoms with Crippen molar-refractivity contribution in [3.05, 3.63) is 58.7 Å². The molecule has 0 aromatic heterocycles. The molecule has 0 aliphatic carbocycles. The van der Waals surface area contributed by atoms with E-state index in [4.69, 9.17) is 8.92 Å². The van der Waals surface area contributed by atoms with Crippen molar-refractivity contribution in [3.63, 3.8) is 0 Å². The third-order valence-electron chi connectivity index (χ3n) is 6.30. The van der Waals surface area contributed by atoms with E-state index in [-0.39, 0.29) is 17.4 Å². The van der Waals surface area contributed by atoms with Crippen molar-refractivity contribution in [1.29, 1.82) is 0 Å². The molecular weight excluding hydrogens is 424 g/mol. The minimum Gasteiger partial charge on any atom is -0.491 e. The van der Waals surface area contributed by atoms with Crippen molar-refractivity contribution >= 4 is 10.1 Å². The van der Waals surface area contributed by atoms with Crippen LogP contribution in [0.4, 0.5) is 0 Å². The van der Waals surface area contributed by atoms with Gasteiger partial charge in [0.15, 0.2) is 0 Å². The van der Waals surface area contributed by atoms with Crippen LogP contribution in [-0.2, 0) is 15.5 Å². The van der Waals surface area contributed by atoms with E-state index in [9.17, 15) is 13.5 Å². The number of aliphatic hydroxyl groups is 1. The Morgan fingerprint density at radius 1 is 0.906 bits per heavy atom. The summed E-state index contributed by atoms with van der Waals surface area (Å²) in [6.07, 6.45) is 2.27. The largest absolute Gasteiger partial charge is 0.491 e. The highest BCUT2D eigenvalue weighted by Crippen LogP contribution is 2.41. The van der Waals surface area contributed by atoms with Gasteiger partial charge in [0, 0.05) is 5.41 Å². The molecule has 0 radical (unpaired) electrons. The van der Waals surface area contributed by atoms with Crippen LogP contribution < -0.4 is 8.92 Å². The van der Waals surface area contributed by atoms with Crippen LogP contribution in [0.25, 0.3) is 0 Å². The second-order valence-corrected chi connectivity index (χ2v) is 11.3. The minimum atomic E-state index is -3.57. The van der Waals surface area contributed by atoms with Crippen molar-refractivity contribution in [3.8, 4) is 11.5 Å². The van der Waals surface area contributed by atoms with Crippen molar-refractivity contribution in [1.82, 2.24) is 0 Å². The summed E-state index contributed by atoms with van der Waals surface area (Å²) in [4.78, 5) is 0. The van der Waals surface area contributed by atoms with Gasteiger partial charge in [-0.1, -0.05) is 58.9 Å². The fourth-order valence-electron chi connectivity index (χ4n) is 3.96. The normalized spacial score (nSPS) is 13.7. The standard InChI is InChI=1S/C26H38O5S/c1-9-26(10-2,21-12-14-23(19(4)16-21)31-32(8,28)29)20-11-13-22(18(3)15-20)30-17-24(27)25(5,6)7/h11-16,24,27H,9-10,17H2,1-8H3. The first kappa shape index (κ1) is 26.2. The number of aryl methyl sites for hydroxylation is 2. The average Bonchev–Trinajstić information content (AvgIpc) is 2.68. The lowest BCUT2D eigenvalue weighted by Gasteiger charge is -2.34. The van der Waals surface area contributed by atoms with E-state index in [0.717, 1.165) is 41.5 Å². The molecule has 1 unspecified atom stereocenters. The summed E-state index contributed by atoms with van der Waals surface area (Å²) in [5.74, 6) is 1.13. The van der Waals surface area contributed by atoms with Gasteiger partial charge in [-0.2, -0.15) is 8.42 Å². The molecule has 0 fully saturated rings. The second kappa shape index (κ2) is 9.84. The molecule has 0 spiro atoms. The van der Waals surface area contributed by atoms with Crippen LogP contribution >= 0.6 is 0 Å². The first-order valence-corrected chi connectivity index (χ1v) is 13.0.